The molecule has 0 aliphatic heterocycles. The maximum Gasteiger partial charge on any atom is 0.252 e. The van der Waals surface area contributed by atoms with Crippen LogP contribution in [0.5, 0.6) is 11.5 Å². The van der Waals surface area contributed by atoms with Gasteiger partial charge in [0.15, 0.2) is 0 Å². The summed E-state index contributed by atoms with van der Waals surface area (Å²) in [5.74, 6) is 1.27. The molecule has 0 radical (unpaired) electrons. The Morgan fingerprint density at radius 1 is 1.14 bits per heavy atom. The van der Waals surface area contributed by atoms with E-state index < -0.39 is 0 Å². The fourth-order valence-corrected chi connectivity index (χ4v) is 2.86. The maximum absolute atomic E-state index is 12.3. The minimum atomic E-state index is -0.118. The molecule has 0 fully saturated rings. The van der Waals surface area contributed by atoms with Crippen LogP contribution >= 0.6 is 38.5 Å². The van der Waals surface area contributed by atoms with Gasteiger partial charge in [0.2, 0.25) is 0 Å². The third-order valence-electron chi connectivity index (χ3n) is 3.04. The third kappa shape index (κ3) is 4.36. The predicted molar refractivity (Wildman–Crippen MR) is 97.6 cm³/mol. The van der Waals surface area contributed by atoms with Crippen LogP contribution in [0.2, 0.25) is 0 Å². The Hall–Kier alpha value is -1.28. The first-order valence-electron chi connectivity index (χ1n) is 6.48. The molecule has 0 spiro atoms. The largest absolute Gasteiger partial charge is 0.497 e. The molecule has 0 aromatic heterocycles. The normalized spacial score (nSPS) is 10.2. The van der Waals surface area contributed by atoms with Gasteiger partial charge in [0.1, 0.15) is 11.5 Å². The quantitative estimate of drug-likeness (QED) is 0.665. The summed E-state index contributed by atoms with van der Waals surface area (Å²) in [5.41, 5.74) is 1.55. The molecule has 1 N–H and O–H groups in total. The van der Waals surface area contributed by atoms with Crippen molar-refractivity contribution in [1.29, 1.82) is 0 Å². The zero-order valence-corrected chi connectivity index (χ0v) is 15.9. The zero-order valence-electron chi connectivity index (χ0n) is 12.2. The minimum absolute atomic E-state index is 0.118. The van der Waals surface area contributed by atoms with Gasteiger partial charge in [-0.1, -0.05) is 15.9 Å². The van der Waals surface area contributed by atoms with Crippen LogP contribution in [0, 0.1) is 3.57 Å². The standard InChI is InChI=1S/C16H15BrINO3/c1-21-12-5-10(6-13(8-12)22-2)9-19-16(20)14-7-11(17)3-4-15(14)18/h3-8H,9H2,1-2H3,(H,19,20). The Bertz CT molecular complexity index is 669. The first kappa shape index (κ1) is 17.1. The summed E-state index contributed by atoms with van der Waals surface area (Å²) in [7, 11) is 3.20. The van der Waals surface area contributed by atoms with Crippen LogP contribution in [0.1, 0.15) is 15.9 Å². The summed E-state index contributed by atoms with van der Waals surface area (Å²) in [6.45, 7) is 0.398. The van der Waals surface area contributed by atoms with E-state index in [1.165, 1.54) is 0 Å². The van der Waals surface area contributed by atoms with Crippen molar-refractivity contribution < 1.29 is 14.3 Å². The highest BCUT2D eigenvalue weighted by Gasteiger charge is 2.11. The van der Waals surface area contributed by atoms with Crippen LogP contribution < -0.4 is 14.8 Å². The number of benzene rings is 2. The van der Waals surface area contributed by atoms with E-state index in [0.717, 1.165) is 13.6 Å². The molecule has 0 aliphatic carbocycles. The first-order chi connectivity index (χ1) is 10.5. The van der Waals surface area contributed by atoms with Gasteiger partial charge < -0.3 is 14.8 Å². The molecule has 2 rings (SSSR count). The maximum atomic E-state index is 12.3. The van der Waals surface area contributed by atoms with E-state index in [-0.39, 0.29) is 5.91 Å². The second-order valence-electron chi connectivity index (χ2n) is 4.53. The molecule has 0 unspecified atom stereocenters. The zero-order chi connectivity index (χ0) is 16.1. The molecular formula is C16H15BrINO3. The molecule has 6 heteroatoms. The van der Waals surface area contributed by atoms with Crippen molar-refractivity contribution in [1.82, 2.24) is 5.32 Å². The highest BCUT2D eigenvalue weighted by molar-refractivity contribution is 14.1. The molecule has 0 heterocycles. The monoisotopic (exact) mass is 475 g/mol. The number of rotatable bonds is 5. The molecule has 0 aliphatic rings. The van der Waals surface area contributed by atoms with Crippen molar-refractivity contribution in [3.05, 3.63) is 55.6 Å². The van der Waals surface area contributed by atoms with Gasteiger partial charge in [0.05, 0.1) is 19.8 Å². The lowest BCUT2D eigenvalue weighted by Gasteiger charge is -2.10. The molecular weight excluding hydrogens is 461 g/mol. The number of amides is 1. The Labute approximate surface area is 151 Å². The van der Waals surface area contributed by atoms with Crippen LogP contribution in [-0.4, -0.2) is 20.1 Å². The van der Waals surface area contributed by atoms with Crippen molar-refractivity contribution in [2.75, 3.05) is 14.2 Å². The number of ether oxygens (including phenoxy) is 2. The number of methoxy groups -OCH3 is 2. The van der Waals surface area contributed by atoms with E-state index in [9.17, 15) is 4.79 Å². The number of hydrogen-bond acceptors (Lipinski definition) is 3. The van der Waals surface area contributed by atoms with E-state index in [2.05, 4.69) is 43.8 Å². The summed E-state index contributed by atoms with van der Waals surface area (Å²) < 4.78 is 12.2. The molecule has 116 valence electrons. The van der Waals surface area contributed by atoms with Gasteiger partial charge in [-0.2, -0.15) is 0 Å². The smallest absolute Gasteiger partial charge is 0.252 e. The number of hydrogen-bond donors (Lipinski definition) is 1. The van der Waals surface area contributed by atoms with Crippen LogP contribution in [-0.2, 0) is 6.54 Å². The lowest BCUT2D eigenvalue weighted by Crippen LogP contribution is -2.23. The van der Waals surface area contributed by atoms with Crippen LogP contribution in [0.3, 0.4) is 0 Å². The molecule has 4 nitrogen and oxygen atoms in total. The van der Waals surface area contributed by atoms with E-state index in [4.69, 9.17) is 9.47 Å². The summed E-state index contributed by atoms with van der Waals surface area (Å²) in [4.78, 5) is 12.3. The fourth-order valence-electron chi connectivity index (χ4n) is 1.92. The number of carbonyl (C=O) groups is 1. The molecule has 22 heavy (non-hydrogen) atoms. The topological polar surface area (TPSA) is 47.6 Å². The Morgan fingerprint density at radius 2 is 1.77 bits per heavy atom. The Kier molecular flexibility index (Phi) is 6.07. The van der Waals surface area contributed by atoms with Gasteiger partial charge in [0, 0.05) is 20.7 Å². The lowest BCUT2D eigenvalue weighted by atomic mass is 10.1. The van der Waals surface area contributed by atoms with Gasteiger partial charge in [-0.3, -0.25) is 4.79 Å². The Morgan fingerprint density at radius 3 is 2.36 bits per heavy atom. The van der Waals surface area contributed by atoms with Crippen molar-refractivity contribution in [2.24, 2.45) is 0 Å². The van der Waals surface area contributed by atoms with Gasteiger partial charge >= 0.3 is 0 Å². The summed E-state index contributed by atoms with van der Waals surface area (Å²) in [6.07, 6.45) is 0. The SMILES string of the molecule is COc1cc(CNC(=O)c2cc(Br)ccc2I)cc(OC)c1. The van der Waals surface area contributed by atoms with Gasteiger partial charge in [-0.15, -0.1) is 0 Å². The van der Waals surface area contributed by atoms with Gasteiger partial charge in [0.25, 0.3) is 5.91 Å². The number of nitrogens with one attached hydrogen (secondary N) is 1. The van der Waals surface area contributed by atoms with Gasteiger partial charge in [-0.05, 0) is 58.5 Å². The van der Waals surface area contributed by atoms with Crippen LogP contribution in [0.25, 0.3) is 0 Å². The number of halogens is 2. The molecule has 0 saturated carbocycles. The van der Waals surface area contributed by atoms with Crippen molar-refractivity contribution in [3.63, 3.8) is 0 Å². The van der Waals surface area contributed by atoms with E-state index in [0.29, 0.717) is 23.6 Å². The average Bonchev–Trinajstić information content (AvgIpc) is 2.54. The fraction of sp³-hybridized carbons (Fsp3) is 0.188. The van der Waals surface area contributed by atoms with E-state index in [1.807, 2.05) is 30.3 Å². The number of carbonyl (C=O) groups excluding carboxylic acids is 1. The predicted octanol–water partition coefficient (Wildman–Crippen LogP) is 4.00. The molecule has 0 saturated heterocycles. The van der Waals surface area contributed by atoms with Crippen LogP contribution in [0.15, 0.2) is 40.9 Å². The summed E-state index contributed by atoms with van der Waals surface area (Å²) in [6, 6.07) is 11.1. The third-order valence-corrected chi connectivity index (χ3v) is 4.47. The minimum Gasteiger partial charge on any atom is -0.497 e. The lowest BCUT2D eigenvalue weighted by molar-refractivity contribution is 0.0950. The van der Waals surface area contributed by atoms with Crippen molar-refractivity contribution in [2.45, 2.75) is 6.54 Å². The highest BCUT2D eigenvalue weighted by Crippen LogP contribution is 2.23. The van der Waals surface area contributed by atoms with Crippen molar-refractivity contribution >= 4 is 44.4 Å². The van der Waals surface area contributed by atoms with Crippen LogP contribution in [0.4, 0.5) is 0 Å². The summed E-state index contributed by atoms with van der Waals surface area (Å²) in [5, 5.41) is 2.91. The molecule has 2 aromatic carbocycles. The first-order valence-corrected chi connectivity index (χ1v) is 8.36. The van der Waals surface area contributed by atoms with E-state index >= 15 is 0 Å². The molecule has 1 amide bonds. The second-order valence-corrected chi connectivity index (χ2v) is 6.61. The Balaban J connectivity index is 2.12. The molecule has 0 atom stereocenters. The van der Waals surface area contributed by atoms with E-state index in [1.54, 1.807) is 20.3 Å². The van der Waals surface area contributed by atoms with Crippen molar-refractivity contribution in [3.8, 4) is 11.5 Å². The summed E-state index contributed by atoms with van der Waals surface area (Å²) >= 11 is 5.53. The molecule has 2 aromatic rings. The average molecular weight is 476 g/mol. The second kappa shape index (κ2) is 7.82. The highest BCUT2D eigenvalue weighted by atomic mass is 127. The van der Waals surface area contributed by atoms with Gasteiger partial charge in [-0.25, -0.2) is 0 Å². The molecule has 0 bridgehead atoms.